The smallest absolute Gasteiger partial charge is 0.229 e. The van der Waals surface area contributed by atoms with Crippen LogP contribution in [0.25, 0.3) is 0 Å². The first-order valence-electron chi connectivity index (χ1n) is 7.06. The molecule has 1 saturated heterocycles. The molecule has 1 aromatic heterocycles. The van der Waals surface area contributed by atoms with Crippen molar-refractivity contribution in [1.82, 2.24) is 10.2 Å². The van der Waals surface area contributed by atoms with Gasteiger partial charge < -0.3 is 11.1 Å². The lowest BCUT2D eigenvalue weighted by Gasteiger charge is -2.24. The van der Waals surface area contributed by atoms with Crippen molar-refractivity contribution in [2.24, 2.45) is 10.7 Å². The fourth-order valence-corrected chi connectivity index (χ4v) is 2.84. The van der Waals surface area contributed by atoms with Crippen LogP contribution in [-0.2, 0) is 16.0 Å². The van der Waals surface area contributed by atoms with Gasteiger partial charge in [-0.1, -0.05) is 6.07 Å². The third-order valence-corrected chi connectivity index (χ3v) is 4.18. The molecule has 1 fully saturated rings. The van der Waals surface area contributed by atoms with E-state index >= 15 is 0 Å². The zero-order chi connectivity index (χ0) is 15.1. The van der Waals surface area contributed by atoms with E-state index in [1.54, 1.807) is 11.3 Å². The standard InChI is InChI=1S/C14H20N4O2S.HI/c15-14(16-7-6-11-3-2-10-21-11)17-8-9-18-12(19)4-1-5-13(18)20;/h2-3,10H,1,4-9H2,(H3,15,16,17);1H. The fraction of sp³-hybridized carbons (Fsp3) is 0.500. The van der Waals surface area contributed by atoms with Gasteiger partial charge >= 0.3 is 0 Å². The average Bonchev–Trinajstić information content (AvgIpc) is 2.95. The van der Waals surface area contributed by atoms with Gasteiger partial charge in [0.25, 0.3) is 0 Å². The molecule has 0 saturated carbocycles. The summed E-state index contributed by atoms with van der Waals surface area (Å²) < 4.78 is 0. The van der Waals surface area contributed by atoms with Gasteiger partial charge in [0, 0.05) is 43.8 Å². The van der Waals surface area contributed by atoms with E-state index in [1.165, 1.54) is 9.78 Å². The maximum absolute atomic E-state index is 11.6. The van der Waals surface area contributed by atoms with Crippen LogP contribution in [-0.4, -0.2) is 42.3 Å². The summed E-state index contributed by atoms with van der Waals surface area (Å²) in [4.78, 5) is 30.0. The van der Waals surface area contributed by atoms with Gasteiger partial charge in [-0.2, -0.15) is 0 Å². The number of guanidine groups is 1. The Morgan fingerprint density at radius 3 is 2.73 bits per heavy atom. The molecule has 0 unspecified atom stereocenters. The molecule has 0 bridgehead atoms. The van der Waals surface area contributed by atoms with Crippen LogP contribution in [0.3, 0.4) is 0 Å². The highest BCUT2D eigenvalue weighted by Gasteiger charge is 2.24. The lowest BCUT2D eigenvalue weighted by molar-refractivity contribution is -0.147. The molecule has 122 valence electrons. The Morgan fingerprint density at radius 1 is 1.36 bits per heavy atom. The van der Waals surface area contributed by atoms with Gasteiger partial charge in [0.05, 0.1) is 0 Å². The largest absolute Gasteiger partial charge is 0.370 e. The number of nitrogens with one attached hydrogen (secondary N) is 1. The van der Waals surface area contributed by atoms with Crippen molar-refractivity contribution in [3.05, 3.63) is 22.4 Å². The van der Waals surface area contributed by atoms with Gasteiger partial charge in [-0.15, -0.1) is 35.3 Å². The minimum absolute atomic E-state index is 0. The fourth-order valence-electron chi connectivity index (χ4n) is 2.14. The number of nitrogens with zero attached hydrogens (tertiary/aromatic N) is 2. The quantitative estimate of drug-likeness (QED) is 0.305. The van der Waals surface area contributed by atoms with Crippen LogP contribution in [0, 0.1) is 0 Å². The number of piperidine rings is 1. The van der Waals surface area contributed by atoms with Crippen LogP contribution >= 0.6 is 35.3 Å². The number of amides is 2. The Kier molecular flexibility index (Phi) is 8.39. The van der Waals surface area contributed by atoms with Gasteiger partial charge in [-0.25, -0.2) is 0 Å². The van der Waals surface area contributed by atoms with Crippen molar-refractivity contribution in [3.8, 4) is 0 Å². The number of carbonyl (C=O) groups is 2. The maximum atomic E-state index is 11.6. The van der Waals surface area contributed by atoms with Crippen LogP contribution < -0.4 is 11.1 Å². The minimum Gasteiger partial charge on any atom is -0.370 e. The van der Waals surface area contributed by atoms with Crippen LogP contribution in [0.15, 0.2) is 22.5 Å². The van der Waals surface area contributed by atoms with E-state index in [9.17, 15) is 9.59 Å². The van der Waals surface area contributed by atoms with Crippen molar-refractivity contribution < 1.29 is 9.59 Å². The molecule has 22 heavy (non-hydrogen) atoms. The SMILES string of the molecule is I.NC(=NCCc1cccs1)NCCN1C(=O)CCCC1=O. The molecule has 0 aromatic carbocycles. The summed E-state index contributed by atoms with van der Waals surface area (Å²) in [5.74, 6) is 0.158. The molecule has 0 spiro atoms. The highest BCUT2D eigenvalue weighted by Crippen LogP contribution is 2.11. The first kappa shape index (κ1) is 18.9. The van der Waals surface area contributed by atoms with E-state index in [1.807, 2.05) is 11.4 Å². The predicted octanol–water partition coefficient (Wildman–Crippen LogP) is 1.35. The van der Waals surface area contributed by atoms with E-state index in [2.05, 4.69) is 16.4 Å². The Morgan fingerprint density at radius 2 is 2.09 bits per heavy atom. The highest BCUT2D eigenvalue weighted by atomic mass is 127. The Bertz CT molecular complexity index is 503. The molecular formula is C14H21IN4O2S. The topological polar surface area (TPSA) is 87.8 Å². The summed E-state index contributed by atoms with van der Waals surface area (Å²) in [6.45, 7) is 1.41. The first-order chi connectivity index (χ1) is 10.2. The summed E-state index contributed by atoms with van der Waals surface area (Å²) >= 11 is 1.70. The molecule has 0 atom stereocenters. The van der Waals surface area contributed by atoms with Gasteiger partial charge in [0.2, 0.25) is 11.8 Å². The number of thiophene rings is 1. The van der Waals surface area contributed by atoms with Crippen LogP contribution in [0.2, 0.25) is 0 Å². The number of rotatable bonds is 6. The molecule has 1 aliphatic heterocycles. The lowest BCUT2D eigenvalue weighted by Crippen LogP contribution is -2.45. The molecule has 0 radical (unpaired) electrons. The number of likely N-dealkylation sites (tertiary alicyclic amines) is 1. The van der Waals surface area contributed by atoms with Crippen molar-refractivity contribution in [1.29, 1.82) is 0 Å². The number of imide groups is 1. The average molecular weight is 436 g/mol. The second-order valence-corrected chi connectivity index (χ2v) is 5.85. The Labute approximate surface area is 151 Å². The summed E-state index contributed by atoms with van der Waals surface area (Å²) in [6, 6.07) is 4.08. The molecule has 2 heterocycles. The summed E-state index contributed by atoms with van der Waals surface area (Å²) in [7, 11) is 0. The summed E-state index contributed by atoms with van der Waals surface area (Å²) in [5.41, 5.74) is 5.75. The van der Waals surface area contributed by atoms with Crippen LogP contribution in [0.1, 0.15) is 24.1 Å². The molecule has 6 nitrogen and oxygen atoms in total. The number of carbonyl (C=O) groups excluding carboxylic acids is 2. The van der Waals surface area contributed by atoms with Crippen molar-refractivity contribution in [3.63, 3.8) is 0 Å². The van der Waals surface area contributed by atoms with Crippen LogP contribution in [0.4, 0.5) is 0 Å². The highest BCUT2D eigenvalue weighted by molar-refractivity contribution is 14.0. The van der Waals surface area contributed by atoms with E-state index in [4.69, 9.17) is 5.73 Å². The third kappa shape index (κ3) is 5.91. The van der Waals surface area contributed by atoms with E-state index in [0.29, 0.717) is 44.9 Å². The molecule has 1 aromatic rings. The maximum Gasteiger partial charge on any atom is 0.229 e. The molecule has 2 amide bonds. The summed E-state index contributed by atoms with van der Waals surface area (Å²) in [6.07, 6.45) is 2.43. The zero-order valence-electron chi connectivity index (χ0n) is 12.3. The second-order valence-electron chi connectivity index (χ2n) is 4.82. The normalized spacial score (nSPS) is 15.6. The monoisotopic (exact) mass is 436 g/mol. The Hall–Kier alpha value is -1.16. The van der Waals surface area contributed by atoms with Crippen molar-refractivity contribution in [2.45, 2.75) is 25.7 Å². The number of hydrogen-bond acceptors (Lipinski definition) is 4. The zero-order valence-corrected chi connectivity index (χ0v) is 15.4. The number of aliphatic imine (C=N–C) groups is 1. The van der Waals surface area contributed by atoms with Crippen LogP contribution in [0.5, 0.6) is 0 Å². The predicted molar refractivity (Wildman–Crippen MR) is 98.5 cm³/mol. The molecule has 3 N–H and O–H groups in total. The van der Waals surface area contributed by atoms with E-state index in [0.717, 1.165) is 6.42 Å². The minimum atomic E-state index is -0.0961. The number of nitrogens with two attached hydrogens (primary N) is 1. The Balaban J connectivity index is 0.00000242. The van der Waals surface area contributed by atoms with Gasteiger partial charge in [0.15, 0.2) is 5.96 Å². The van der Waals surface area contributed by atoms with Gasteiger partial charge in [0.1, 0.15) is 0 Å². The molecule has 8 heteroatoms. The molecular weight excluding hydrogens is 415 g/mol. The molecule has 0 aliphatic carbocycles. The summed E-state index contributed by atoms with van der Waals surface area (Å²) in [5, 5.41) is 4.97. The van der Waals surface area contributed by atoms with Gasteiger partial charge in [-0.3, -0.25) is 19.5 Å². The number of halogens is 1. The molecule has 1 aliphatic rings. The number of hydrogen-bond donors (Lipinski definition) is 2. The van der Waals surface area contributed by atoms with Crippen molar-refractivity contribution >= 4 is 53.1 Å². The van der Waals surface area contributed by atoms with E-state index < -0.39 is 0 Å². The third-order valence-electron chi connectivity index (χ3n) is 3.25. The second kappa shape index (κ2) is 9.78. The van der Waals surface area contributed by atoms with Gasteiger partial charge in [-0.05, 0) is 17.9 Å². The first-order valence-corrected chi connectivity index (χ1v) is 7.94. The lowest BCUT2D eigenvalue weighted by atomic mass is 10.1. The molecule has 2 rings (SSSR count). The van der Waals surface area contributed by atoms with E-state index in [-0.39, 0.29) is 35.8 Å². The van der Waals surface area contributed by atoms with Crippen molar-refractivity contribution in [2.75, 3.05) is 19.6 Å².